The lowest BCUT2D eigenvalue weighted by molar-refractivity contribution is -0.144. The summed E-state index contributed by atoms with van der Waals surface area (Å²) in [4.78, 5) is 15.8. The summed E-state index contributed by atoms with van der Waals surface area (Å²) < 4.78 is 10.2. The second-order valence-corrected chi connectivity index (χ2v) is 4.37. The zero-order chi connectivity index (χ0) is 13.0. The van der Waals surface area contributed by atoms with Crippen molar-refractivity contribution in [2.45, 2.75) is 40.3 Å². The molecule has 0 spiro atoms. The van der Waals surface area contributed by atoms with E-state index in [1.54, 1.807) is 0 Å². The van der Waals surface area contributed by atoms with Gasteiger partial charge in [-0.05, 0) is 19.8 Å². The minimum Gasteiger partial charge on any atom is -0.468 e. The van der Waals surface area contributed by atoms with Crippen LogP contribution in [-0.2, 0) is 16.1 Å². The molecule has 1 aromatic rings. The van der Waals surface area contributed by atoms with Crippen molar-refractivity contribution in [2.24, 2.45) is 5.92 Å². The first-order valence-electron chi connectivity index (χ1n) is 5.69. The van der Waals surface area contributed by atoms with Gasteiger partial charge in [-0.25, -0.2) is 4.98 Å². The number of hydrogen-bond donors (Lipinski definition) is 1. The summed E-state index contributed by atoms with van der Waals surface area (Å²) in [6.07, 6.45) is 0. The van der Waals surface area contributed by atoms with Gasteiger partial charge in [-0.3, -0.25) is 10.1 Å². The number of carbonyl (C=O) groups is 1. The summed E-state index contributed by atoms with van der Waals surface area (Å²) >= 11 is 0. The number of methoxy groups -OCH3 is 1. The molecule has 5 heteroatoms. The number of carbonyl (C=O) groups excluding carboxylic acids is 1. The molecule has 0 saturated carbocycles. The van der Waals surface area contributed by atoms with Gasteiger partial charge in [0, 0.05) is 0 Å². The van der Waals surface area contributed by atoms with E-state index in [1.165, 1.54) is 7.11 Å². The smallest absolute Gasteiger partial charge is 0.323 e. The Morgan fingerprint density at radius 3 is 2.53 bits per heavy atom. The molecule has 0 aliphatic heterocycles. The predicted molar refractivity (Wildman–Crippen MR) is 63.5 cm³/mol. The van der Waals surface area contributed by atoms with Crippen LogP contribution in [0.3, 0.4) is 0 Å². The predicted octanol–water partition coefficient (Wildman–Crippen LogP) is 1.58. The number of esters is 1. The largest absolute Gasteiger partial charge is 0.468 e. The molecule has 0 saturated heterocycles. The zero-order valence-electron chi connectivity index (χ0n) is 11.0. The quantitative estimate of drug-likeness (QED) is 0.792. The summed E-state index contributed by atoms with van der Waals surface area (Å²) in [6.45, 7) is 8.10. The van der Waals surface area contributed by atoms with E-state index in [4.69, 9.17) is 9.15 Å². The number of oxazole rings is 1. The number of rotatable bonds is 5. The molecule has 5 nitrogen and oxygen atoms in total. The summed E-state index contributed by atoms with van der Waals surface area (Å²) in [7, 11) is 1.39. The molecule has 0 aliphatic carbocycles. The van der Waals surface area contributed by atoms with Gasteiger partial charge in [0.2, 0.25) is 5.89 Å². The van der Waals surface area contributed by atoms with Crippen molar-refractivity contribution in [3.63, 3.8) is 0 Å². The molecule has 17 heavy (non-hydrogen) atoms. The molecule has 0 bridgehead atoms. The number of nitrogens with one attached hydrogen (secondary N) is 1. The second kappa shape index (κ2) is 5.82. The fourth-order valence-electron chi connectivity index (χ4n) is 1.53. The van der Waals surface area contributed by atoms with Crippen LogP contribution in [0.25, 0.3) is 0 Å². The molecule has 96 valence electrons. The van der Waals surface area contributed by atoms with E-state index < -0.39 is 0 Å². The van der Waals surface area contributed by atoms with Crippen LogP contribution >= 0.6 is 0 Å². The lowest BCUT2D eigenvalue weighted by atomic mass is 10.1. The van der Waals surface area contributed by atoms with Crippen LogP contribution in [0, 0.1) is 19.8 Å². The van der Waals surface area contributed by atoms with Gasteiger partial charge in [0.1, 0.15) is 11.8 Å². The molecule has 0 aliphatic rings. The standard InChI is InChI=1S/C12H20N2O3/c1-7(2)11(12(15)16-5)13-6-10-14-8(3)9(4)17-10/h7,11,13H,6H2,1-5H3. The molecular formula is C12H20N2O3. The van der Waals surface area contributed by atoms with Gasteiger partial charge in [-0.2, -0.15) is 0 Å². The Morgan fingerprint density at radius 2 is 2.12 bits per heavy atom. The van der Waals surface area contributed by atoms with Crippen molar-refractivity contribution in [3.05, 3.63) is 17.3 Å². The molecule has 1 aromatic heterocycles. The Balaban J connectivity index is 2.61. The molecule has 1 atom stereocenters. The number of hydrogen-bond acceptors (Lipinski definition) is 5. The second-order valence-electron chi connectivity index (χ2n) is 4.37. The Bertz CT molecular complexity index is 366. The molecule has 1 heterocycles. The minimum absolute atomic E-state index is 0.152. The summed E-state index contributed by atoms with van der Waals surface area (Å²) in [5.41, 5.74) is 0.876. The number of nitrogens with zero attached hydrogens (tertiary/aromatic N) is 1. The van der Waals surface area contributed by atoms with Crippen molar-refractivity contribution in [2.75, 3.05) is 7.11 Å². The maximum atomic E-state index is 11.5. The summed E-state index contributed by atoms with van der Waals surface area (Å²) in [5.74, 6) is 1.29. The average Bonchev–Trinajstić information content (AvgIpc) is 2.57. The Hall–Kier alpha value is -1.36. The van der Waals surface area contributed by atoms with E-state index in [0.717, 1.165) is 11.5 Å². The average molecular weight is 240 g/mol. The number of aryl methyl sites for hydroxylation is 2. The third-order valence-corrected chi connectivity index (χ3v) is 2.67. The molecule has 1 unspecified atom stereocenters. The third kappa shape index (κ3) is 3.56. The van der Waals surface area contributed by atoms with Crippen molar-refractivity contribution in [3.8, 4) is 0 Å². The fourth-order valence-corrected chi connectivity index (χ4v) is 1.53. The lowest BCUT2D eigenvalue weighted by Crippen LogP contribution is -2.41. The molecule has 1 N–H and O–H groups in total. The van der Waals surface area contributed by atoms with Gasteiger partial charge in [0.05, 0.1) is 19.3 Å². The minimum atomic E-state index is -0.340. The van der Waals surface area contributed by atoms with Gasteiger partial charge < -0.3 is 9.15 Å². The van der Waals surface area contributed by atoms with E-state index in [-0.39, 0.29) is 17.9 Å². The molecular weight excluding hydrogens is 220 g/mol. The number of ether oxygens (including phenoxy) is 1. The topological polar surface area (TPSA) is 64.4 Å². The van der Waals surface area contributed by atoms with Crippen molar-refractivity contribution in [1.82, 2.24) is 10.3 Å². The van der Waals surface area contributed by atoms with Crippen LogP contribution in [0.4, 0.5) is 0 Å². The molecule has 0 radical (unpaired) electrons. The van der Waals surface area contributed by atoms with Crippen molar-refractivity contribution < 1.29 is 13.9 Å². The van der Waals surface area contributed by atoms with Gasteiger partial charge in [-0.1, -0.05) is 13.8 Å². The van der Waals surface area contributed by atoms with Gasteiger partial charge >= 0.3 is 5.97 Å². The van der Waals surface area contributed by atoms with Crippen LogP contribution < -0.4 is 5.32 Å². The van der Waals surface area contributed by atoms with Crippen molar-refractivity contribution in [1.29, 1.82) is 0 Å². The van der Waals surface area contributed by atoms with Gasteiger partial charge in [0.15, 0.2) is 0 Å². The maximum Gasteiger partial charge on any atom is 0.323 e. The monoisotopic (exact) mass is 240 g/mol. The van der Waals surface area contributed by atoms with Crippen LogP contribution in [-0.4, -0.2) is 24.1 Å². The van der Waals surface area contributed by atoms with Crippen molar-refractivity contribution >= 4 is 5.97 Å². The maximum absolute atomic E-state index is 11.5. The first kappa shape index (κ1) is 13.7. The zero-order valence-corrected chi connectivity index (χ0v) is 11.0. The molecule has 0 fully saturated rings. The molecule has 0 amide bonds. The number of aromatic nitrogens is 1. The van der Waals surface area contributed by atoms with E-state index in [9.17, 15) is 4.79 Å². The highest BCUT2D eigenvalue weighted by Gasteiger charge is 2.22. The van der Waals surface area contributed by atoms with E-state index in [2.05, 4.69) is 10.3 Å². The SMILES string of the molecule is COC(=O)C(NCc1nc(C)c(C)o1)C(C)C. The lowest BCUT2D eigenvalue weighted by Gasteiger charge is -2.18. The van der Waals surface area contributed by atoms with E-state index in [1.807, 2.05) is 27.7 Å². The first-order chi connectivity index (χ1) is 7.95. The molecule has 0 aromatic carbocycles. The van der Waals surface area contributed by atoms with Gasteiger partial charge in [-0.15, -0.1) is 0 Å². The van der Waals surface area contributed by atoms with Crippen LogP contribution in [0.15, 0.2) is 4.42 Å². The fraction of sp³-hybridized carbons (Fsp3) is 0.667. The first-order valence-corrected chi connectivity index (χ1v) is 5.69. The molecule has 1 rings (SSSR count). The van der Waals surface area contributed by atoms with Crippen LogP contribution in [0.2, 0.25) is 0 Å². The summed E-state index contributed by atoms with van der Waals surface area (Å²) in [6, 6.07) is -0.340. The third-order valence-electron chi connectivity index (χ3n) is 2.67. The summed E-state index contributed by atoms with van der Waals surface area (Å²) in [5, 5.41) is 3.10. The van der Waals surface area contributed by atoms with Crippen LogP contribution in [0.1, 0.15) is 31.2 Å². The van der Waals surface area contributed by atoms with E-state index >= 15 is 0 Å². The Morgan fingerprint density at radius 1 is 1.47 bits per heavy atom. The van der Waals surface area contributed by atoms with E-state index in [0.29, 0.717) is 12.4 Å². The van der Waals surface area contributed by atoms with Crippen LogP contribution in [0.5, 0.6) is 0 Å². The highest BCUT2D eigenvalue weighted by Crippen LogP contribution is 2.09. The highest BCUT2D eigenvalue weighted by molar-refractivity contribution is 5.75. The normalized spacial score (nSPS) is 12.8. The highest BCUT2D eigenvalue weighted by atomic mass is 16.5. The Kier molecular flexibility index (Phi) is 4.69. The van der Waals surface area contributed by atoms with Gasteiger partial charge in [0.25, 0.3) is 0 Å². The Labute approximate surface area is 102 Å².